The van der Waals surface area contributed by atoms with Gasteiger partial charge in [0.15, 0.2) is 0 Å². The predicted molar refractivity (Wildman–Crippen MR) is 81.2 cm³/mol. The summed E-state index contributed by atoms with van der Waals surface area (Å²) in [4.78, 5) is 32.4. The number of nitrogens with zero attached hydrogens (tertiary/aromatic N) is 3. The first-order valence-corrected chi connectivity index (χ1v) is 7.72. The zero-order chi connectivity index (χ0) is 15.2. The zero-order valence-electron chi connectivity index (χ0n) is 12.8. The van der Waals surface area contributed by atoms with Gasteiger partial charge in [-0.2, -0.15) is 0 Å². The summed E-state index contributed by atoms with van der Waals surface area (Å²) in [5, 5.41) is 0. The van der Waals surface area contributed by atoms with Crippen molar-refractivity contribution >= 4 is 11.8 Å². The lowest BCUT2D eigenvalue weighted by Crippen LogP contribution is -2.36. The minimum Gasteiger partial charge on any atom is -0.339 e. The molecule has 0 radical (unpaired) electrons. The average molecular weight is 289 g/mol. The molecular weight excluding hydrogens is 266 g/mol. The zero-order valence-corrected chi connectivity index (χ0v) is 12.8. The molecule has 2 rings (SSSR count). The van der Waals surface area contributed by atoms with Crippen LogP contribution in [0.5, 0.6) is 0 Å². The van der Waals surface area contributed by atoms with Crippen molar-refractivity contribution in [2.24, 2.45) is 0 Å². The molecule has 0 atom stereocenters. The lowest BCUT2D eigenvalue weighted by molar-refractivity contribution is 0.0724. The monoisotopic (exact) mass is 289 g/mol. The Bertz CT molecular complexity index is 506. The van der Waals surface area contributed by atoms with E-state index in [0.29, 0.717) is 24.3 Å². The first-order chi connectivity index (χ1) is 10.2. The molecule has 5 heteroatoms. The minimum atomic E-state index is -0.117. The normalized spacial score (nSPS) is 14.9. The maximum absolute atomic E-state index is 12.5. The second-order valence-electron chi connectivity index (χ2n) is 5.26. The van der Waals surface area contributed by atoms with Crippen LogP contribution < -0.4 is 0 Å². The van der Waals surface area contributed by atoms with Gasteiger partial charge in [-0.3, -0.25) is 14.6 Å². The van der Waals surface area contributed by atoms with Crippen molar-refractivity contribution in [1.82, 2.24) is 14.8 Å². The number of carbonyl (C=O) groups excluding carboxylic acids is 2. The fourth-order valence-corrected chi connectivity index (χ4v) is 2.63. The van der Waals surface area contributed by atoms with Crippen LogP contribution in [0.3, 0.4) is 0 Å². The third kappa shape index (κ3) is 3.60. The molecule has 0 saturated carbocycles. The van der Waals surface area contributed by atoms with Gasteiger partial charge in [-0.15, -0.1) is 0 Å². The van der Waals surface area contributed by atoms with Gasteiger partial charge in [0.2, 0.25) is 0 Å². The van der Waals surface area contributed by atoms with E-state index in [0.717, 1.165) is 25.9 Å². The van der Waals surface area contributed by atoms with Crippen LogP contribution in [-0.2, 0) is 0 Å². The fourth-order valence-electron chi connectivity index (χ4n) is 2.63. The van der Waals surface area contributed by atoms with E-state index < -0.39 is 0 Å². The van der Waals surface area contributed by atoms with Crippen LogP contribution >= 0.6 is 0 Å². The van der Waals surface area contributed by atoms with E-state index in [9.17, 15) is 9.59 Å². The number of piperidine rings is 1. The maximum atomic E-state index is 12.5. The molecular formula is C16H23N3O2. The van der Waals surface area contributed by atoms with Crippen molar-refractivity contribution in [3.63, 3.8) is 0 Å². The van der Waals surface area contributed by atoms with Gasteiger partial charge in [0, 0.05) is 37.9 Å². The van der Waals surface area contributed by atoms with E-state index in [2.05, 4.69) is 4.98 Å². The van der Waals surface area contributed by atoms with Crippen molar-refractivity contribution < 1.29 is 9.59 Å². The molecule has 1 fully saturated rings. The number of hydrogen-bond donors (Lipinski definition) is 0. The van der Waals surface area contributed by atoms with Crippen LogP contribution in [0, 0.1) is 0 Å². The number of rotatable bonds is 4. The predicted octanol–water partition coefficient (Wildman–Crippen LogP) is 2.19. The smallest absolute Gasteiger partial charge is 0.272 e. The van der Waals surface area contributed by atoms with Gasteiger partial charge in [-0.1, -0.05) is 0 Å². The van der Waals surface area contributed by atoms with E-state index in [4.69, 9.17) is 0 Å². The molecule has 0 spiro atoms. The van der Waals surface area contributed by atoms with E-state index in [1.165, 1.54) is 6.42 Å². The van der Waals surface area contributed by atoms with Crippen LogP contribution in [0.15, 0.2) is 18.3 Å². The van der Waals surface area contributed by atoms with E-state index in [1.807, 2.05) is 18.7 Å². The molecule has 1 aliphatic rings. The number of aromatic nitrogens is 1. The van der Waals surface area contributed by atoms with Gasteiger partial charge in [0.05, 0.1) is 0 Å². The van der Waals surface area contributed by atoms with Gasteiger partial charge in [-0.05, 0) is 45.2 Å². The quantitative estimate of drug-likeness (QED) is 0.853. The number of likely N-dealkylation sites (tertiary alicyclic amines) is 1. The van der Waals surface area contributed by atoms with Crippen molar-refractivity contribution in [3.05, 3.63) is 29.6 Å². The van der Waals surface area contributed by atoms with Crippen molar-refractivity contribution in [2.75, 3.05) is 26.2 Å². The first kappa shape index (κ1) is 15.5. The Morgan fingerprint density at radius 1 is 1.19 bits per heavy atom. The lowest BCUT2D eigenvalue weighted by Gasteiger charge is -2.26. The van der Waals surface area contributed by atoms with Crippen LogP contribution in [0.25, 0.3) is 0 Å². The molecule has 21 heavy (non-hydrogen) atoms. The molecule has 1 aliphatic heterocycles. The molecule has 0 bridgehead atoms. The Hall–Kier alpha value is -1.91. The lowest BCUT2D eigenvalue weighted by atomic mass is 10.1. The average Bonchev–Trinajstić information content (AvgIpc) is 2.56. The highest BCUT2D eigenvalue weighted by molar-refractivity contribution is 5.98. The number of carbonyl (C=O) groups is 2. The summed E-state index contributed by atoms with van der Waals surface area (Å²) in [7, 11) is 0. The molecule has 1 saturated heterocycles. The Morgan fingerprint density at radius 2 is 1.86 bits per heavy atom. The highest BCUT2D eigenvalue weighted by Crippen LogP contribution is 2.14. The third-order valence-corrected chi connectivity index (χ3v) is 3.92. The van der Waals surface area contributed by atoms with E-state index >= 15 is 0 Å². The summed E-state index contributed by atoms with van der Waals surface area (Å²) in [6, 6.07) is 3.31. The maximum Gasteiger partial charge on any atom is 0.272 e. The van der Waals surface area contributed by atoms with Crippen molar-refractivity contribution in [2.45, 2.75) is 33.1 Å². The molecule has 0 N–H and O–H groups in total. The van der Waals surface area contributed by atoms with Crippen LogP contribution in [0.1, 0.15) is 54.0 Å². The Morgan fingerprint density at radius 3 is 2.48 bits per heavy atom. The summed E-state index contributed by atoms with van der Waals surface area (Å²) in [5.41, 5.74) is 0.906. The van der Waals surface area contributed by atoms with Gasteiger partial charge in [-0.25, -0.2) is 0 Å². The molecule has 114 valence electrons. The summed E-state index contributed by atoms with van der Waals surface area (Å²) in [6.45, 7) is 6.76. The number of pyridine rings is 1. The van der Waals surface area contributed by atoms with Gasteiger partial charge >= 0.3 is 0 Å². The highest BCUT2D eigenvalue weighted by atomic mass is 16.2. The molecule has 0 aliphatic carbocycles. The molecule has 2 heterocycles. The topological polar surface area (TPSA) is 53.5 Å². The van der Waals surface area contributed by atoms with Crippen molar-refractivity contribution in [1.29, 1.82) is 0 Å². The molecule has 5 nitrogen and oxygen atoms in total. The number of amides is 2. The van der Waals surface area contributed by atoms with E-state index in [-0.39, 0.29) is 11.8 Å². The Labute approximate surface area is 126 Å². The first-order valence-electron chi connectivity index (χ1n) is 7.72. The Balaban J connectivity index is 2.16. The molecule has 1 aromatic heterocycles. The summed E-state index contributed by atoms with van der Waals surface area (Å²) in [6.07, 6.45) is 4.85. The second-order valence-corrected chi connectivity index (χ2v) is 5.26. The van der Waals surface area contributed by atoms with Gasteiger partial charge < -0.3 is 9.80 Å². The largest absolute Gasteiger partial charge is 0.339 e. The minimum absolute atomic E-state index is 0.00527. The summed E-state index contributed by atoms with van der Waals surface area (Å²) in [5.74, 6) is -0.112. The molecule has 0 unspecified atom stereocenters. The van der Waals surface area contributed by atoms with Crippen molar-refractivity contribution in [3.8, 4) is 0 Å². The molecule has 2 amide bonds. The second kappa shape index (κ2) is 7.20. The van der Waals surface area contributed by atoms with Crippen LogP contribution in [-0.4, -0.2) is 52.8 Å². The highest BCUT2D eigenvalue weighted by Gasteiger charge is 2.20. The molecule has 1 aromatic rings. The summed E-state index contributed by atoms with van der Waals surface area (Å²) < 4.78 is 0. The Kier molecular flexibility index (Phi) is 5.31. The van der Waals surface area contributed by atoms with E-state index in [1.54, 1.807) is 23.2 Å². The van der Waals surface area contributed by atoms with Crippen LogP contribution in [0.2, 0.25) is 0 Å². The SMILES string of the molecule is CCN(CC)C(=O)c1cc(C(=O)N2CCCCC2)ccn1. The third-order valence-electron chi connectivity index (χ3n) is 3.92. The summed E-state index contributed by atoms with van der Waals surface area (Å²) >= 11 is 0. The van der Waals surface area contributed by atoms with Crippen LogP contribution in [0.4, 0.5) is 0 Å². The van der Waals surface area contributed by atoms with Gasteiger partial charge in [0.25, 0.3) is 11.8 Å². The van der Waals surface area contributed by atoms with Gasteiger partial charge in [0.1, 0.15) is 5.69 Å². The molecule has 0 aromatic carbocycles. The number of hydrogen-bond acceptors (Lipinski definition) is 3. The standard InChI is InChI=1S/C16H23N3O2/c1-3-18(4-2)16(21)14-12-13(8-9-17-14)15(20)19-10-6-5-7-11-19/h8-9,12H,3-7,10-11H2,1-2H3. The fraction of sp³-hybridized carbons (Fsp3) is 0.562.